The summed E-state index contributed by atoms with van der Waals surface area (Å²) in [7, 11) is 0. The number of aromatic nitrogens is 5. The van der Waals surface area contributed by atoms with Crippen LogP contribution in [-0.2, 0) is 0 Å². The standard InChI is InChI=1S/C15H12N8O3S/c1-8-4-5-9(25-8)7-17-19-15(24)11-12(10-3-2-6-27-10)23(22-18-11)14-13(16)20-26-21-14/h2-7H,1H3,(H2,16,20)(H,19,24). The van der Waals surface area contributed by atoms with Crippen LogP contribution in [0.15, 0.2) is 43.8 Å². The molecule has 27 heavy (non-hydrogen) atoms. The van der Waals surface area contributed by atoms with Crippen LogP contribution in [0.4, 0.5) is 5.82 Å². The molecule has 0 spiro atoms. The van der Waals surface area contributed by atoms with Gasteiger partial charge in [-0.1, -0.05) is 11.3 Å². The third kappa shape index (κ3) is 3.20. The van der Waals surface area contributed by atoms with E-state index in [2.05, 4.69) is 35.8 Å². The Hall–Kier alpha value is -3.80. The summed E-state index contributed by atoms with van der Waals surface area (Å²) in [5, 5.41) is 20.9. The molecule has 0 aliphatic heterocycles. The molecule has 0 radical (unpaired) electrons. The Balaban J connectivity index is 1.66. The van der Waals surface area contributed by atoms with Gasteiger partial charge in [0.2, 0.25) is 11.6 Å². The average molecular weight is 384 g/mol. The van der Waals surface area contributed by atoms with Gasteiger partial charge < -0.3 is 10.2 Å². The maximum absolute atomic E-state index is 12.6. The van der Waals surface area contributed by atoms with Gasteiger partial charge in [0.25, 0.3) is 5.91 Å². The van der Waals surface area contributed by atoms with Crippen LogP contribution in [0.3, 0.4) is 0 Å². The minimum atomic E-state index is -0.556. The Kier molecular flexibility index (Phi) is 4.22. The lowest BCUT2D eigenvalue weighted by Crippen LogP contribution is -2.19. The molecule has 0 aromatic carbocycles. The van der Waals surface area contributed by atoms with E-state index >= 15 is 0 Å². The van der Waals surface area contributed by atoms with Crippen LogP contribution in [0.25, 0.3) is 16.4 Å². The highest BCUT2D eigenvalue weighted by Crippen LogP contribution is 2.29. The van der Waals surface area contributed by atoms with E-state index in [1.54, 1.807) is 12.1 Å². The van der Waals surface area contributed by atoms with Gasteiger partial charge in [-0.15, -0.1) is 16.4 Å². The fourth-order valence-corrected chi connectivity index (χ4v) is 3.04. The average Bonchev–Trinajstić information content (AvgIpc) is 3.41. The zero-order valence-corrected chi connectivity index (χ0v) is 14.7. The molecule has 3 N–H and O–H groups in total. The second kappa shape index (κ2) is 6.84. The predicted octanol–water partition coefficient (Wildman–Crippen LogP) is 1.63. The van der Waals surface area contributed by atoms with E-state index in [0.717, 1.165) is 10.6 Å². The number of furan rings is 1. The monoisotopic (exact) mass is 384 g/mol. The topological polar surface area (TPSA) is 150 Å². The quantitative estimate of drug-likeness (QED) is 0.389. The van der Waals surface area contributed by atoms with Crippen LogP contribution in [0.5, 0.6) is 0 Å². The lowest BCUT2D eigenvalue weighted by atomic mass is 10.2. The third-order valence-electron chi connectivity index (χ3n) is 3.46. The number of amides is 1. The molecular weight excluding hydrogens is 372 g/mol. The molecule has 1 amide bonds. The number of thiophene rings is 1. The van der Waals surface area contributed by atoms with E-state index in [0.29, 0.717) is 11.5 Å². The minimum absolute atomic E-state index is 0.0240. The highest BCUT2D eigenvalue weighted by Gasteiger charge is 2.25. The highest BCUT2D eigenvalue weighted by molar-refractivity contribution is 7.13. The molecule has 0 fully saturated rings. The zero-order valence-electron chi connectivity index (χ0n) is 13.9. The van der Waals surface area contributed by atoms with Crippen molar-refractivity contribution >= 4 is 29.3 Å². The van der Waals surface area contributed by atoms with Gasteiger partial charge >= 0.3 is 0 Å². The molecule has 0 bridgehead atoms. The molecule has 12 heteroatoms. The molecule has 0 unspecified atom stereocenters. The molecule has 0 saturated carbocycles. The van der Waals surface area contributed by atoms with Crippen molar-refractivity contribution in [3.63, 3.8) is 0 Å². The number of rotatable bonds is 5. The fraction of sp³-hybridized carbons (Fsp3) is 0.0667. The van der Waals surface area contributed by atoms with Crippen LogP contribution in [0, 0.1) is 6.92 Å². The number of nitrogen functional groups attached to an aromatic ring is 1. The summed E-state index contributed by atoms with van der Waals surface area (Å²) in [6, 6.07) is 7.18. The predicted molar refractivity (Wildman–Crippen MR) is 95.4 cm³/mol. The first-order chi connectivity index (χ1) is 13.1. The third-order valence-corrected chi connectivity index (χ3v) is 4.33. The van der Waals surface area contributed by atoms with Gasteiger partial charge in [-0.25, -0.2) is 10.1 Å². The summed E-state index contributed by atoms with van der Waals surface area (Å²) >= 11 is 1.40. The number of aryl methyl sites for hydroxylation is 1. The minimum Gasteiger partial charge on any atom is -0.460 e. The van der Waals surface area contributed by atoms with Crippen molar-refractivity contribution in [3.05, 3.63) is 46.9 Å². The van der Waals surface area contributed by atoms with Crippen molar-refractivity contribution in [2.45, 2.75) is 6.92 Å². The molecular formula is C15H12N8O3S. The fourth-order valence-electron chi connectivity index (χ4n) is 2.29. The molecule has 4 rings (SSSR count). The van der Waals surface area contributed by atoms with Gasteiger partial charge in [-0.2, -0.15) is 9.78 Å². The summed E-state index contributed by atoms with van der Waals surface area (Å²) in [4.78, 5) is 13.3. The van der Waals surface area contributed by atoms with Gasteiger partial charge in [0.05, 0.1) is 11.1 Å². The number of nitrogens with two attached hydrogens (primary N) is 1. The number of hydrogen-bond donors (Lipinski definition) is 2. The molecule has 4 heterocycles. The summed E-state index contributed by atoms with van der Waals surface area (Å²) < 4.78 is 11.3. The van der Waals surface area contributed by atoms with E-state index < -0.39 is 5.91 Å². The molecule has 11 nitrogen and oxygen atoms in total. The van der Waals surface area contributed by atoms with Gasteiger partial charge in [-0.3, -0.25) is 4.79 Å². The molecule has 136 valence electrons. The Labute approximate surface area is 155 Å². The van der Waals surface area contributed by atoms with Crippen LogP contribution in [0.1, 0.15) is 22.0 Å². The van der Waals surface area contributed by atoms with Gasteiger partial charge in [0.1, 0.15) is 17.2 Å². The van der Waals surface area contributed by atoms with E-state index in [1.807, 2.05) is 24.4 Å². The molecule has 0 aliphatic rings. The highest BCUT2D eigenvalue weighted by atomic mass is 32.1. The second-order valence-electron chi connectivity index (χ2n) is 5.30. The summed E-state index contributed by atoms with van der Waals surface area (Å²) in [5.41, 5.74) is 8.59. The number of carbonyl (C=O) groups is 1. The number of nitrogens with one attached hydrogen (secondary N) is 1. The summed E-state index contributed by atoms with van der Waals surface area (Å²) in [6.07, 6.45) is 1.39. The second-order valence-corrected chi connectivity index (χ2v) is 6.24. The maximum atomic E-state index is 12.6. The Morgan fingerprint density at radius 3 is 2.93 bits per heavy atom. The molecule has 4 aromatic heterocycles. The van der Waals surface area contributed by atoms with E-state index in [-0.39, 0.29) is 17.3 Å². The lowest BCUT2D eigenvalue weighted by Gasteiger charge is -2.02. The van der Waals surface area contributed by atoms with E-state index in [9.17, 15) is 4.79 Å². The van der Waals surface area contributed by atoms with Crippen molar-refractivity contribution in [1.29, 1.82) is 0 Å². The first-order valence-corrected chi connectivity index (χ1v) is 8.49. The Bertz CT molecular complexity index is 1110. The lowest BCUT2D eigenvalue weighted by molar-refractivity contribution is 0.0951. The van der Waals surface area contributed by atoms with Crippen LogP contribution in [0.2, 0.25) is 0 Å². The smallest absolute Gasteiger partial charge is 0.294 e. The Morgan fingerprint density at radius 1 is 1.37 bits per heavy atom. The van der Waals surface area contributed by atoms with Crippen LogP contribution >= 0.6 is 11.3 Å². The maximum Gasteiger partial charge on any atom is 0.294 e. The van der Waals surface area contributed by atoms with Crippen molar-refractivity contribution in [1.82, 2.24) is 30.7 Å². The molecule has 0 aliphatic carbocycles. The number of carbonyl (C=O) groups excluding carboxylic acids is 1. The number of nitrogens with zero attached hydrogens (tertiary/aromatic N) is 6. The molecule has 0 saturated heterocycles. The van der Waals surface area contributed by atoms with E-state index in [1.165, 1.54) is 22.2 Å². The molecule has 0 atom stereocenters. The Morgan fingerprint density at radius 2 is 2.26 bits per heavy atom. The van der Waals surface area contributed by atoms with Gasteiger partial charge in [-0.05, 0) is 40.8 Å². The number of hydrazone groups is 1. The first-order valence-electron chi connectivity index (χ1n) is 7.61. The van der Waals surface area contributed by atoms with Crippen molar-refractivity contribution in [3.8, 4) is 16.4 Å². The zero-order chi connectivity index (χ0) is 18.8. The molecule has 4 aromatic rings. The largest absolute Gasteiger partial charge is 0.460 e. The van der Waals surface area contributed by atoms with Gasteiger partial charge in [0.15, 0.2) is 5.69 Å². The van der Waals surface area contributed by atoms with Crippen molar-refractivity contribution in [2.24, 2.45) is 5.10 Å². The summed E-state index contributed by atoms with van der Waals surface area (Å²) in [6.45, 7) is 1.81. The number of anilines is 1. The number of hydrogen-bond acceptors (Lipinski definition) is 10. The normalized spacial score (nSPS) is 11.3. The van der Waals surface area contributed by atoms with E-state index in [4.69, 9.17) is 10.2 Å². The first kappa shape index (κ1) is 16.7. The van der Waals surface area contributed by atoms with Crippen molar-refractivity contribution in [2.75, 3.05) is 5.73 Å². The van der Waals surface area contributed by atoms with Crippen LogP contribution < -0.4 is 11.2 Å². The van der Waals surface area contributed by atoms with Crippen molar-refractivity contribution < 1.29 is 13.8 Å². The SMILES string of the molecule is Cc1ccc(C=NNC(=O)c2nnn(-c3nonc3N)c2-c2cccs2)o1. The summed E-state index contributed by atoms with van der Waals surface area (Å²) in [5.74, 6) is 0.857. The van der Waals surface area contributed by atoms with Crippen LogP contribution in [-0.4, -0.2) is 37.4 Å². The van der Waals surface area contributed by atoms with Gasteiger partial charge in [0, 0.05) is 0 Å².